The summed E-state index contributed by atoms with van der Waals surface area (Å²) in [7, 11) is 0. The summed E-state index contributed by atoms with van der Waals surface area (Å²) in [5, 5.41) is 10.8. The standard InChI is InChI=1S/C11H12ClNO3S/c1-7(13(15)16)11(17-8(2)14)9-3-5-10(12)6-4-9/h3-7,11H,1-2H3/t7-,11+/m1/s1. The predicted octanol–water partition coefficient (Wildman–Crippen LogP) is 3.33. The number of benzene rings is 1. The summed E-state index contributed by atoms with van der Waals surface area (Å²) in [5.41, 5.74) is 0.735. The van der Waals surface area contributed by atoms with Crippen molar-refractivity contribution in [3.05, 3.63) is 45.0 Å². The van der Waals surface area contributed by atoms with Crippen molar-refractivity contribution >= 4 is 28.5 Å². The zero-order valence-electron chi connectivity index (χ0n) is 9.42. The monoisotopic (exact) mass is 273 g/mol. The van der Waals surface area contributed by atoms with E-state index in [1.165, 1.54) is 13.8 Å². The predicted molar refractivity (Wildman–Crippen MR) is 68.9 cm³/mol. The quantitative estimate of drug-likeness (QED) is 0.624. The highest BCUT2D eigenvalue weighted by Crippen LogP contribution is 2.34. The van der Waals surface area contributed by atoms with Gasteiger partial charge in [-0.05, 0) is 17.7 Å². The second kappa shape index (κ2) is 6.02. The van der Waals surface area contributed by atoms with Gasteiger partial charge in [0.1, 0.15) is 5.25 Å². The lowest BCUT2D eigenvalue weighted by Crippen LogP contribution is -2.23. The number of carbonyl (C=O) groups is 1. The van der Waals surface area contributed by atoms with Crippen molar-refractivity contribution in [3.8, 4) is 0 Å². The molecular formula is C11H12ClNO3S. The van der Waals surface area contributed by atoms with Crippen LogP contribution in [0.2, 0.25) is 5.02 Å². The molecule has 6 heteroatoms. The highest BCUT2D eigenvalue weighted by atomic mass is 35.5. The molecule has 1 aromatic rings. The molecule has 17 heavy (non-hydrogen) atoms. The smallest absolute Gasteiger partial charge is 0.226 e. The van der Waals surface area contributed by atoms with Crippen molar-refractivity contribution in [2.45, 2.75) is 25.1 Å². The third-order valence-corrected chi connectivity index (χ3v) is 3.77. The molecule has 92 valence electrons. The Balaban J connectivity index is 3.01. The molecule has 1 aromatic carbocycles. The van der Waals surface area contributed by atoms with Gasteiger partial charge in [-0.1, -0.05) is 35.5 Å². The van der Waals surface area contributed by atoms with Crippen molar-refractivity contribution in [2.24, 2.45) is 0 Å². The van der Waals surface area contributed by atoms with E-state index in [4.69, 9.17) is 11.6 Å². The Hall–Kier alpha value is -1.07. The molecule has 0 aliphatic carbocycles. The number of halogens is 1. The minimum atomic E-state index is -0.829. The number of nitrogens with zero attached hydrogens (tertiary/aromatic N) is 1. The second-order valence-electron chi connectivity index (χ2n) is 3.61. The van der Waals surface area contributed by atoms with E-state index >= 15 is 0 Å². The fraction of sp³-hybridized carbons (Fsp3) is 0.364. The first-order valence-electron chi connectivity index (χ1n) is 4.98. The van der Waals surface area contributed by atoms with Gasteiger partial charge in [0.25, 0.3) is 0 Å². The van der Waals surface area contributed by atoms with Crippen LogP contribution in [0.1, 0.15) is 24.7 Å². The minimum Gasteiger partial charge on any atom is -0.288 e. The number of carbonyl (C=O) groups excluding carboxylic acids is 1. The largest absolute Gasteiger partial charge is 0.288 e. The highest BCUT2D eigenvalue weighted by molar-refractivity contribution is 8.13. The van der Waals surface area contributed by atoms with Gasteiger partial charge in [-0.15, -0.1) is 0 Å². The van der Waals surface area contributed by atoms with E-state index in [0.29, 0.717) is 5.02 Å². The van der Waals surface area contributed by atoms with Crippen molar-refractivity contribution in [2.75, 3.05) is 0 Å². The van der Waals surface area contributed by atoms with Gasteiger partial charge < -0.3 is 0 Å². The minimum absolute atomic E-state index is 0.140. The molecule has 0 saturated heterocycles. The Morgan fingerprint density at radius 1 is 1.41 bits per heavy atom. The maximum atomic E-state index is 11.1. The van der Waals surface area contributed by atoms with Gasteiger partial charge in [-0.2, -0.15) is 0 Å². The van der Waals surface area contributed by atoms with Crippen LogP contribution in [-0.4, -0.2) is 16.1 Å². The molecule has 0 spiro atoms. The zero-order chi connectivity index (χ0) is 13.0. The molecule has 0 aromatic heterocycles. The number of hydrogen-bond donors (Lipinski definition) is 0. The molecule has 0 amide bonds. The molecule has 0 bridgehead atoms. The van der Waals surface area contributed by atoms with E-state index < -0.39 is 11.3 Å². The van der Waals surface area contributed by atoms with Crippen LogP contribution in [0.4, 0.5) is 0 Å². The van der Waals surface area contributed by atoms with Crippen LogP contribution in [0, 0.1) is 10.1 Å². The Bertz CT molecular complexity index is 421. The molecule has 0 fully saturated rings. The summed E-state index contributed by atoms with van der Waals surface area (Å²) in [6.45, 7) is 2.90. The molecule has 0 unspecified atom stereocenters. The average molecular weight is 274 g/mol. The van der Waals surface area contributed by atoms with Gasteiger partial charge in [-0.3, -0.25) is 14.9 Å². The van der Waals surface area contributed by atoms with E-state index in [-0.39, 0.29) is 10.0 Å². The number of thioether (sulfide) groups is 1. The summed E-state index contributed by atoms with van der Waals surface area (Å²) in [6, 6.07) is 5.92. The molecule has 2 atom stereocenters. The van der Waals surface area contributed by atoms with Crippen molar-refractivity contribution in [1.82, 2.24) is 0 Å². The first-order valence-corrected chi connectivity index (χ1v) is 6.23. The summed E-state index contributed by atoms with van der Waals surface area (Å²) in [5.74, 6) is 0. The molecule has 0 N–H and O–H groups in total. The normalized spacial score (nSPS) is 14.1. The summed E-state index contributed by atoms with van der Waals surface area (Å²) in [6.07, 6.45) is 0. The van der Waals surface area contributed by atoms with Crippen molar-refractivity contribution in [1.29, 1.82) is 0 Å². The van der Waals surface area contributed by atoms with Crippen molar-refractivity contribution in [3.63, 3.8) is 0 Å². The lowest BCUT2D eigenvalue weighted by Gasteiger charge is -2.16. The van der Waals surface area contributed by atoms with Crippen molar-refractivity contribution < 1.29 is 9.72 Å². The molecule has 4 nitrogen and oxygen atoms in total. The molecular weight excluding hydrogens is 262 g/mol. The molecule has 0 radical (unpaired) electrons. The zero-order valence-corrected chi connectivity index (χ0v) is 11.0. The number of hydrogen-bond acceptors (Lipinski definition) is 4. The maximum absolute atomic E-state index is 11.1. The van der Waals surface area contributed by atoms with Crippen LogP contribution in [0.25, 0.3) is 0 Å². The van der Waals surface area contributed by atoms with Crippen LogP contribution in [0.5, 0.6) is 0 Å². The van der Waals surface area contributed by atoms with E-state index in [1.54, 1.807) is 24.3 Å². The summed E-state index contributed by atoms with van der Waals surface area (Å²) in [4.78, 5) is 21.6. The van der Waals surface area contributed by atoms with E-state index in [1.807, 2.05) is 0 Å². The average Bonchev–Trinajstić information content (AvgIpc) is 2.26. The Morgan fingerprint density at radius 3 is 2.35 bits per heavy atom. The lowest BCUT2D eigenvalue weighted by molar-refractivity contribution is -0.518. The maximum Gasteiger partial charge on any atom is 0.226 e. The fourth-order valence-electron chi connectivity index (χ4n) is 1.39. The van der Waals surface area contributed by atoms with E-state index in [0.717, 1.165) is 17.3 Å². The topological polar surface area (TPSA) is 60.2 Å². The van der Waals surface area contributed by atoms with Crippen LogP contribution in [0.15, 0.2) is 24.3 Å². The lowest BCUT2D eigenvalue weighted by atomic mass is 10.1. The van der Waals surface area contributed by atoms with Crippen LogP contribution in [-0.2, 0) is 4.79 Å². The third-order valence-electron chi connectivity index (χ3n) is 2.26. The Morgan fingerprint density at radius 2 is 1.94 bits per heavy atom. The summed E-state index contributed by atoms with van der Waals surface area (Å²) >= 11 is 6.73. The van der Waals surface area contributed by atoms with Crippen LogP contribution in [0.3, 0.4) is 0 Å². The first-order chi connectivity index (χ1) is 7.91. The van der Waals surface area contributed by atoms with Gasteiger partial charge in [-0.25, -0.2) is 0 Å². The molecule has 0 aliphatic rings. The summed E-state index contributed by atoms with van der Waals surface area (Å²) < 4.78 is 0. The van der Waals surface area contributed by atoms with Gasteiger partial charge in [0.2, 0.25) is 6.04 Å². The third kappa shape index (κ3) is 4.02. The molecule has 0 saturated carbocycles. The fourth-order valence-corrected chi connectivity index (χ4v) is 2.46. The number of rotatable bonds is 4. The van der Waals surface area contributed by atoms with E-state index in [2.05, 4.69) is 0 Å². The Kier molecular flexibility index (Phi) is 4.96. The SMILES string of the molecule is CC(=O)S[C@H](c1ccc(Cl)cc1)[C@@H](C)[N+](=O)[O-]. The van der Waals surface area contributed by atoms with Gasteiger partial charge >= 0.3 is 0 Å². The Labute approximate surface area is 108 Å². The first kappa shape index (κ1) is 14.0. The highest BCUT2D eigenvalue weighted by Gasteiger charge is 2.30. The van der Waals surface area contributed by atoms with Gasteiger partial charge in [0, 0.05) is 23.8 Å². The van der Waals surface area contributed by atoms with Crippen LogP contribution >= 0.6 is 23.4 Å². The van der Waals surface area contributed by atoms with E-state index in [9.17, 15) is 14.9 Å². The molecule has 0 aliphatic heterocycles. The van der Waals surface area contributed by atoms with Crippen LogP contribution < -0.4 is 0 Å². The molecule has 0 heterocycles. The van der Waals surface area contributed by atoms with Gasteiger partial charge in [0.15, 0.2) is 5.12 Å². The number of nitro groups is 1. The second-order valence-corrected chi connectivity index (χ2v) is 5.36. The van der Waals surface area contributed by atoms with Gasteiger partial charge in [0.05, 0.1) is 0 Å². The molecule has 1 rings (SSSR count).